The van der Waals surface area contributed by atoms with Gasteiger partial charge < -0.3 is 15.4 Å². The lowest BCUT2D eigenvalue weighted by atomic mass is 10.4. The van der Waals surface area contributed by atoms with Crippen molar-refractivity contribution < 1.29 is 14.3 Å². The fraction of sp³-hybridized carbons (Fsp3) is 0.778. The third kappa shape index (κ3) is 6.42. The smallest absolute Gasteiger partial charge is 0.309 e. The zero-order valence-corrected chi connectivity index (χ0v) is 8.76. The number of rotatable bonds is 6. The molecule has 82 valence electrons. The monoisotopic (exact) mass is 202 g/mol. The number of ether oxygens (including phenoxy) is 1. The van der Waals surface area contributed by atoms with Crippen molar-refractivity contribution in [3.8, 4) is 0 Å². The molecule has 0 radical (unpaired) electrons. The van der Waals surface area contributed by atoms with Gasteiger partial charge in [0.2, 0.25) is 0 Å². The molecule has 2 N–H and O–H groups in total. The number of methoxy groups -OCH3 is 1. The molecule has 0 unspecified atom stereocenters. The van der Waals surface area contributed by atoms with Crippen molar-refractivity contribution in [2.75, 3.05) is 26.8 Å². The quantitative estimate of drug-likeness (QED) is 0.457. The average Bonchev–Trinajstić information content (AvgIpc) is 2.20. The Morgan fingerprint density at radius 2 is 1.71 bits per heavy atom. The first-order valence-corrected chi connectivity index (χ1v) is 4.77. The maximum absolute atomic E-state index is 11.0. The Hall–Kier alpha value is -1.10. The Morgan fingerprint density at radius 1 is 1.14 bits per heavy atom. The van der Waals surface area contributed by atoms with Crippen LogP contribution in [0.2, 0.25) is 0 Å². The van der Waals surface area contributed by atoms with E-state index in [4.69, 9.17) is 4.74 Å². The molecule has 0 heterocycles. The molecule has 0 aromatic rings. The second kappa shape index (κ2) is 8.50. The van der Waals surface area contributed by atoms with Gasteiger partial charge >= 0.3 is 11.8 Å². The van der Waals surface area contributed by atoms with Gasteiger partial charge in [-0.05, 0) is 12.8 Å². The lowest BCUT2D eigenvalue weighted by molar-refractivity contribution is -0.139. The van der Waals surface area contributed by atoms with Gasteiger partial charge in [-0.25, -0.2) is 0 Å². The molecule has 0 aromatic heterocycles. The van der Waals surface area contributed by atoms with Crippen LogP contribution in [0.5, 0.6) is 0 Å². The van der Waals surface area contributed by atoms with Crippen molar-refractivity contribution in [1.82, 2.24) is 10.6 Å². The normalized spacial score (nSPS) is 9.57. The maximum Gasteiger partial charge on any atom is 0.309 e. The highest BCUT2D eigenvalue weighted by molar-refractivity contribution is 6.35. The van der Waals surface area contributed by atoms with Crippen LogP contribution in [0.1, 0.15) is 19.8 Å². The van der Waals surface area contributed by atoms with E-state index in [9.17, 15) is 9.59 Å². The summed E-state index contributed by atoms with van der Waals surface area (Å²) in [6.45, 7) is 3.50. The molecule has 0 aliphatic heterocycles. The summed E-state index contributed by atoms with van der Waals surface area (Å²) in [4.78, 5) is 22.1. The van der Waals surface area contributed by atoms with Crippen molar-refractivity contribution in [1.29, 1.82) is 0 Å². The van der Waals surface area contributed by atoms with E-state index < -0.39 is 11.8 Å². The molecule has 2 amide bonds. The second-order valence-electron chi connectivity index (χ2n) is 2.86. The van der Waals surface area contributed by atoms with Gasteiger partial charge in [0.15, 0.2) is 0 Å². The third-order valence-corrected chi connectivity index (χ3v) is 1.55. The molecule has 5 nitrogen and oxygen atoms in total. The molecular weight excluding hydrogens is 184 g/mol. The van der Waals surface area contributed by atoms with Crippen molar-refractivity contribution in [3.05, 3.63) is 0 Å². The molecule has 0 aliphatic carbocycles. The van der Waals surface area contributed by atoms with Crippen LogP contribution in [0.25, 0.3) is 0 Å². The Balaban J connectivity index is 3.47. The Bertz CT molecular complexity index is 183. The zero-order chi connectivity index (χ0) is 10.8. The molecular formula is C9H18N2O3. The highest BCUT2D eigenvalue weighted by Crippen LogP contribution is 1.78. The molecule has 0 bridgehead atoms. The van der Waals surface area contributed by atoms with Gasteiger partial charge in [0.05, 0.1) is 0 Å². The van der Waals surface area contributed by atoms with Gasteiger partial charge in [0.25, 0.3) is 0 Å². The molecule has 0 rings (SSSR count). The molecule has 0 aromatic carbocycles. The predicted octanol–water partition coefficient (Wildman–Crippen LogP) is -0.335. The van der Waals surface area contributed by atoms with E-state index >= 15 is 0 Å². The zero-order valence-electron chi connectivity index (χ0n) is 8.76. The first-order chi connectivity index (χ1) is 6.72. The minimum atomic E-state index is -0.574. The highest BCUT2D eigenvalue weighted by Gasteiger charge is 2.10. The number of amides is 2. The largest absolute Gasteiger partial charge is 0.385 e. The minimum Gasteiger partial charge on any atom is -0.385 e. The van der Waals surface area contributed by atoms with Crippen LogP contribution in [0.15, 0.2) is 0 Å². The Labute approximate surface area is 84.2 Å². The summed E-state index contributed by atoms with van der Waals surface area (Å²) >= 11 is 0. The maximum atomic E-state index is 11.0. The van der Waals surface area contributed by atoms with Crippen LogP contribution in [-0.2, 0) is 14.3 Å². The predicted molar refractivity (Wildman–Crippen MR) is 52.8 cm³/mol. The third-order valence-electron chi connectivity index (χ3n) is 1.55. The number of hydrogen-bond donors (Lipinski definition) is 2. The summed E-state index contributed by atoms with van der Waals surface area (Å²) in [6, 6.07) is 0. The molecule has 0 saturated heterocycles. The van der Waals surface area contributed by atoms with Crippen LogP contribution < -0.4 is 10.6 Å². The fourth-order valence-corrected chi connectivity index (χ4v) is 0.818. The number of nitrogens with one attached hydrogen (secondary N) is 2. The Kier molecular flexibility index (Phi) is 7.83. The molecule has 0 atom stereocenters. The summed E-state index contributed by atoms with van der Waals surface area (Å²) in [5, 5.41) is 4.99. The van der Waals surface area contributed by atoms with Gasteiger partial charge in [0.1, 0.15) is 0 Å². The highest BCUT2D eigenvalue weighted by atomic mass is 16.5. The average molecular weight is 202 g/mol. The van der Waals surface area contributed by atoms with Crippen molar-refractivity contribution in [2.24, 2.45) is 0 Å². The first kappa shape index (κ1) is 12.9. The van der Waals surface area contributed by atoms with Gasteiger partial charge in [0, 0.05) is 26.8 Å². The fourth-order valence-electron chi connectivity index (χ4n) is 0.818. The summed E-state index contributed by atoms with van der Waals surface area (Å²) in [6.07, 6.45) is 1.53. The number of carbonyl (C=O) groups is 2. The van der Waals surface area contributed by atoms with Crippen molar-refractivity contribution in [2.45, 2.75) is 19.8 Å². The Morgan fingerprint density at radius 3 is 2.21 bits per heavy atom. The lowest BCUT2D eigenvalue weighted by Crippen LogP contribution is -2.40. The topological polar surface area (TPSA) is 67.4 Å². The second-order valence-corrected chi connectivity index (χ2v) is 2.86. The van der Waals surface area contributed by atoms with E-state index in [-0.39, 0.29) is 0 Å². The summed E-state index contributed by atoms with van der Waals surface area (Å²) in [7, 11) is 1.59. The number of carbonyl (C=O) groups excluding carboxylic acids is 2. The van der Waals surface area contributed by atoms with E-state index in [0.29, 0.717) is 26.1 Å². The van der Waals surface area contributed by atoms with Crippen LogP contribution in [0.3, 0.4) is 0 Å². The molecule has 0 aliphatic rings. The van der Waals surface area contributed by atoms with Crippen molar-refractivity contribution >= 4 is 11.8 Å². The molecule has 0 saturated carbocycles. The summed E-state index contributed by atoms with van der Waals surface area (Å²) < 4.78 is 4.80. The van der Waals surface area contributed by atoms with Crippen LogP contribution in [0.4, 0.5) is 0 Å². The van der Waals surface area contributed by atoms with Crippen LogP contribution in [0, 0.1) is 0 Å². The molecule has 14 heavy (non-hydrogen) atoms. The van der Waals surface area contributed by atoms with E-state index in [1.807, 2.05) is 6.92 Å². The van der Waals surface area contributed by atoms with E-state index in [2.05, 4.69) is 10.6 Å². The van der Waals surface area contributed by atoms with Crippen LogP contribution >= 0.6 is 0 Å². The van der Waals surface area contributed by atoms with Gasteiger partial charge in [-0.3, -0.25) is 9.59 Å². The SMILES string of the molecule is CCCNC(=O)C(=O)NCCCOC. The lowest BCUT2D eigenvalue weighted by Gasteiger charge is -2.04. The summed E-state index contributed by atoms with van der Waals surface area (Å²) in [5.41, 5.74) is 0. The minimum absolute atomic E-state index is 0.465. The molecule has 0 fully saturated rings. The first-order valence-electron chi connectivity index (χ1n) is 4.77. The number of hydrogen-bond acceptors (Lipinski definition) is 3. The van der Waals surface area contributed by atoms with Crippen LogP contribution in [-0.4, -0.2) is 38.6 Å². The standard InChI is InChI=1S/C9H18N2O3/c1-3-5-10-8(12)9(13)11-6-4-7-14-2/h3-7H2,1-2H3,(H,10,12)(H,11,13). The van der Waals surface area contributed by atoms with Gasteiger partial charge in [-0.1, -0.05) is 6.92 Å². The van der Waals surface area contributed by atoms with E-state index in [0.717, 1.165) is 6.42 Å². The van der Waals surface area contributed by atoms with E-state index in [1.165, 1.54) is 0 Å². The van der Waals surface area contributed by atoms with Crippen molar-refractivity contribution in [3.63, 3.8) is 0 Å². The van der Waals surface area contributed by atoms with Gasteiger partial charge in [-0.2, -0.15) is 0 Å². The molecule has 5 heteroatoms. The summed E-state index contributed by atoms with van der Waals surface area (Å²) in [5.74, 6) is -1.14. The van der Waals surface area contributed by atoms with Gasteiger partial charge in [-0.15, -0.1) is 0 Å². The molecule has 0 spiro atoms. The van der Waals surface area contributed by atoms with E-state index in [1.54, 1.807) is 7.11 Å².